The molecule has 1 aliphatic carbocycles. The van der Waals surface area contributed by atoms with Crippen molar-refractivity contribution in [1.82, 2.24) is 10.3 Å². The lowest BCUT2D eigenvalue weighted by Crippen LogP contribution is -2.43. The largest absolute Gasteiger partial charge is 0.391 e. The van der Waals surface area contributed by atoms with Crippen LogP contribution < -0.4 is 11.1 Å². The highest BCUT2D eigenvalue weighted by Gasteiger charge is 2.23. The molecule has 4 N–H and O–H groups in total. The number of nitrogens with zero attached hydrogens (tertiary/aromatic N) is 1. The topological polar surface area (TPSA) is 88.2 Å². The van der Waals surface area contributed by atoms with E-state index < -0.39 is 6.10 Å². The first kappa shape index (κ1) is 13.3. The fraction of sp³-hybridized carbons (Fsp3) is 0.667. The second kappa shape index (κ2) is 6.15. The number of aliphatic hydroxyl groups excluding tert-OH is 1. The number of carbonyl (C=O) groups excluding carboxylic acids is 1. The zero-order chi connectivity index (χ0) is 13.0. The van der Waals surface area contributed by atoms with Crippen molar-refractivity contribution in [2.45, 2.75) is 50.7 Å². The van der Waals surface area contributed by atoms with E-state index in [2.05, 4.69) is 10.3 Å². The van der Waals surface area contributed by atoms with E-state index in [1.807, 2.05) is 0 Å². The zero-order valence-electron chi connectivity index (χ0n) is 10.3. The van der Waals surface area contributed by atoms with Crippen molar-refractivity contribution >= 4 is 22.4 Å². The predicted octanol–water partition coefficient (Wildman–Crippen LogP) is 1.54. The molecule has 100 valence electrons. The molecule has 0 radical (unpaired) electrons. The Morgan fingerprint density at radius 1 is 1.39 bits per heavy atom. The second-order valence-electron chi connectivity index (χ2n) is 4.70. The SMILES string of the molecule is Nc1ncc(C(=O)N[C@H]2CCCCCC[C@@H]2O)s1. The Morgan fingerprint density at radius 3 is 2.78 bits per heavy atom. The van der Waals surface area contributed by atoms with Crippen molar-refractivity contribution < 1.29 is 9.90 Å². The summed E-state index contributed by atoms with van der Waals surface area (Å²) in [7, 11) is 0. The van der Waals surface area contributed by atoms with Crippen LogP contribution in [0.1, 0.15) is 48.2 Å². The Kier molecular flexibility index (Phi) is 4.54. The van der Waals surface area contributed by atoms with Gasteiger partial charge in [0.25, 0.3) is 5.91 Å². The molecule has 0 unspecified atom stereocenters. The Bertz CT molecular complexity index is 408. The van der Waals surface area contributed by atoms with Crippen LogP contribution in [-0.4, -0.2) is 28.1 Å². The number of nitrogen functional groups attached to an aromatic ring is 1. The van der Waals surface area contributed by atoms with Crippen molar-refractivity contribution in [2.24, 2.45) is 0 Å². The van der Waals surface area contributed by atoms with E-state index in [0.29, 0.717) is 10.0 Å². The number of nitrogens with one attached hydrogen (secondary N) is 1. The first-order valence-electron chi connectivity index (χ1n) is 6.37. The molecule has 1 aromatic heterocycles. The van der Waals surface area contributed by atoms with Gasteiger partial charge < -0.3 is 16.2 Å². The van der Waals surface area contributed by atoms with Crippen molar-refractivity contribution in [3.63, 3.8) is 0 Å². The summed E-state index contributed by atoms with van der Waals surface area (Å²) >= 11 is 1.17. The summed E-state index contributed by atoms with van der Waals surface area (Å²) < 4.78 is 0. The van der Waals surface area contributed by atoms with Gasteiger partial charge in [-0.1, -0.05) is 37.0 Å². The number of rotatable bonds is 2. The number of aromatic nitrogens is 1. The van der Waals surface area contributed by atoms with Crippen LogP contribution in [-0.2, 0) is 0 Å². The number of nitrogens with two attached hydrogens (primary N) is 1. The van der Waals surface area contributed by atoms with E-state index in [-0.39, 0.29) is 11.9 Å². The van der Waals surface area contributed by atoms with Gasteiger partial charge in [-0.2, -0.15) is 0 Å². The van der Waals surface area contributed by atoms with Gasteiger partial charge in [-0.3, -0.25) is 4.79 Å². The lowest BCUT2D eigenvalue weighted by molar-refractivity contribution is 0.0774. The monoisotopic (exact) mass is 269 g/mol. The van der Waals surface area contributed by atoms with Crippen LogP contribution in [0.4, 0.5) is 5.13 Å². The molecule has 0 aliphatic heterocycles. The van der Waals surface area contributed by atoms with E-state index in [1.54, 1.807) is 0 Å². The van der Waals surface area contributed by atoms with E-state index in [9.17, 15) is 9.90 Å². The lowest BCUT2D eigenvalue weighted by atomic mass is 9.94. The third-order valence-corrected chi connectivity index (χ3v) is 4.12. The van der Waals surface area contributed by atoms with Gasteiger partial charge in [0.2, 0.25) is 0 Å². The summed E-state index contributed by atoms with van der Waals surface area (Å²) in [6.45, 7) is 0. The molecular formula is C12H19N3O2S. The molecule has 1 amide bonds. The number of anilines is 1. The third kappa shape index (κ3) is 3.43. The summed E-state index contributed by atoms with van der Waals surface area (Å²) in [5.74, 6) is -0.186. The van der Waals surface area contributed by atoms with E-state index >= 15 is 0 Å². The fourth-order valence-corrected chi connectivity index (χ4v) is 2.85. The van der Waals surface area contributed by atoms with Gasteiger partial charge in [-0.15, -0.1) is 0 Å². The molecule has 0 saturated heterocycles. The van der Waals surface area contributed by atoms with Gasteiger partial charge in [-0.25, -0.2) is 4.98 Å². The van der Waals surface area contributed by atoms with Gasteiger partial charge in [0, 0.05) is 0 Å². The molecule has 1 fully saturated rings. The predicted molar refractivity (Wildman–Crippen MR) is 71.5 cm³/mol. The Balaban J connectivity index is 1.95. The minimum atomic E-state index is -0.445. The molecule has 2 atom stereocenters. The maximum absolute atomic E-state index is 12.0. The summed E-state index contributed by atoms with van der Waals surface area (Å²) in [5.41, 5.74) is 5.50. The molecule has 1 aromatic rings. The second-order valence-corrected chi connectivity index (χ2v) is 5.76. The van der Waals surface area contributed by atoms with Crippen LogP contribution in [0.3, 0.4) is 0 Å². The van der Waals surface area contributed by atoms with Gasteiger partial charge in [0.15, 0.2) is 5.13 Å². The minimum Gasteiger partial charge on any atom is -0.391 e. The number of amides is 1. The molecule has 1 heterocycles. The van der Waals surface area contributed by atoms with E-state index in [4.69, 9.17) is 5.73 Å². The highest BCUT2D eigenvalue weighted by molar-refractivity contribution is 7.17. The molecule has 0 aromatic carbocycles. The van der Waals surface area contributed by atoms with Crippen LogP contribution in [0.15, 0.2) is 6.20 Å². The van der Waals surface area contributed by atoms with Gasteiger partial charge in [0.05, 0.1) is 18.3 Å². The summed E-state index contributed by atoms with van der Waals surface area (Å²) in [5, 5.41) is 13.3. The van der Waals surface area contributed by atoms with Gasteiger partial charge >= 0.3 is 0 Å². The van der Waals surface area contributed by atoms with Crippen molar-refractivity contribution in [3.05, 3.63) is 11.1 Å². The van der Waals surface area contributed by atoms with Gasteiger partial charge in [-0.05, 0) is 12.8 Å². The molecule has 18 heavy (non-hydrogen) atoms. The third-order valence-electron chi connectivity index (χ3n) is 3.29. The van der Waals surface area contributed by atoms with Crippen LogP contribution in [0.2, 0.25) is 0 Å². The van der Waals surface area contributed by atoms with E-state index in [0.717, 1.165) is 25.7 Å². The quantitative estimate of drug-likeness (QED) is 0.760. The molecule has 6 heteroatoms. The summed E-state index contributed by atoms with van der Waals surface area (Å²) in [6, 6.07) is -0.152. The molecule has 1 aliphatic rings. The smallest absolute Gasteiger partial charge is 0.263 e. The Hall–Kier alpha value is -1.14. The molecule has 0 bridgehead atoms. The van der Waals surface area contributed by atoms with Crippen LogP contribution in [0.5, 0.6) is 0 Å². The number of aliphatic hydroxyl groups is 1. The standard InChI is InChI=1S/C12H19N3O2S/c13-12-14-7-10(18-12)11(17)15-8-5-3-1-2-4-6-9(8)16/h7-9,16H,1-6H2,(H2,13,14)(H,15,17)/t8-,9-/m0/s1. The number of hydrogen-bond donors (Lipinski definition) is 3. The highest BCUT2D eigenvalue weighted by atomic mass is 32.1. The zero-order valence-corrected chi connectivity index (χ0v) is 11.1. The van der Waals surface area contributed by atoms with Crippen LogP contribution >= 0.6 is 11.3 Å². The Labute approximate surface area is 110 Å². The first-order chi connectivity index (χ1) is 8.66. The molecule has 5 nitrogen and oxygen atoms in total. The number of carbonyl (C=O) groups is 1. The fourth-order valence-electron chi connectivity index (χ4n) is 2.27. The summed E-state index contributed by atoms with van der Waals surface area (Å²) in [4.78, 5) is 16.3. The van der Waals surface area contributed by atoms with Crippen molar-refractivity contribution in [1.29, 1.82) is 0 Å². The molecule has 2 rings (SSSR count). The Morgan fingerprint density at radius 2 is 2.11 bits per heavy atom. The van der Waals surface area contributed by atoms with Crippen molar-refractivity contribution in [2.75, 3.05) is 5.73 Å². The van der Waals surface area contributed by atoms with Gasteiger partial charge in [0.1, 0.15) is 4.88 Å². The maximum Gasteiger partial charge on any atom is 0.263 e. The van der Waals surface area contributed by atoms with Crippen LogP contribution in [0, 0.1) is 0 Å². The lowest BCUT2D eigenvalue weighted by Gasteiger charge is -2.26. The minimum absolute atomic E-state index is 0.152. The molecule has 0 spiro atoms. The average molecular weight is 269 g/mol. The van der Waals surface area contributed by atoms with Crippen LogP contribution in [0.25, 0.3) is 0 Å². The highest BCUT2D eigenvalue weighted by Crippen LogP contribution is 2.19. The summed E-state index contributed by atoms with van der Waals surface area (Å²) in [6.07, 6.45) is 7.05. The number of hydrogen-bond acceptors (Lipinski definition) is 5. The van der Waals surface area contributed by atoms with Crippen molar-refractivity contribution in [3.8, 4) is 0 Å². The molecular weight excluding hydrogens is 250 g/mol. The first-order valence-corrected chi connectivity index (χ1v) is 7.18. The average Bonchev–Trinajstić information content (AvgIpc) is 2.75. The normalized spacial score (nSPS) is 25.2. The van der Waals surface area contributed by atoms with E-state index in [1.165, 1.54) is 30.4 Å². The maximum atomic E-state index is 12.0. The number of thiazole rings is 1. The molecule has 1 saturated carbocycles.